The van der Waals surface area contributed by atoms with Gasteiger partial charge in [0.25, 0.3) is 0 Å². The van der Waals surface area contributed by atoms with Gasteiger partial charge in [-0.2, -0.15) is 11.8 Å². The summed E-state index contributed by atoms with van der Waals surface area (Å²) < 4.78 is 0. The first kappa shape index (κ1) is 13.2. The summed E-state index contributed by atoms with van der Waals surface area (Å²) in [6.45, 7) is 2.61. The highest BCUT2D eigenvalue weighted by Gasteiger charge is 2.45. The molecular formula is C9H16N4O2S. The molecule has 2 atom stereocenters. The van der Waals surface area contributed by atoms with E-state index in [0.717, 1.165) is 12.2 Å². The topological polar surface area (TPSA) is 98.1 Å². The van der Waals surface area contributed by atoms with Crippen LogP contribution in [0.4, 0.5) is 0 Å². The summed E-state index contributed by atoms with van der Waals surface area (Å²) in [5.41, 5.74) is 7.27. The van der Waals surface area contributed by atoms with Crippen LogP contribution in [-0.4, -0.2) is 40.7 Å². The van der Waals surface area contributed by atoms with E-state index in [-0.39, 0.29) is 11.8 Å². The fourth-order valence-corrected chi connectivity index (χ4v) is 3.17. The summed E-state index contributed by atoms with van der Waals surface area (Å²) in [6.07, 6.45) is 1.53. The standard InChI is InChI=1S/C9H16N4O2S/c1-7-9(8(14)15,3-2-6-16-7)11-4-5-12-13-10/h7,11H,2-6H2,1H3,(H,14,15). The highest BCUT2D eigenvalue weighted by atomic mass is 32.2. The second kappa shape index (κ2) is 5.98. The van der Waals surface area contributed by atoms with Gasteiger partial charge in [0, 0.05) is 23.3 Å². The number of carboxylic acid groups (broad SMARTS) is 1. The lowest BCUT2D eigenvalue weighted by Gasteiger charge is -2.39. The maximum Gasteiger partial charge on any atom is 0.325 e. The minimum Gasteiger partial charge on any atom is -0.480 e. The molecule has 0 aliphatic carbocycles. The quantitative estimate of drug-likeness (QED) is 0.332. The lowest BCUT2D eigenvalue weighted by atomic mass is 9.89. The first-order chi connectivity index (χ1) is 7.63. The molecule has 1 rings (SSSR count). The molecule has 1 heterocycles. The van der Waals surface area contributed by atoms with Crippen molar-refractivity contribution in [3.8, 4) is 0 Å². The number of thioether (sulfide) groups is 1. The van der Waals surface area contributed by atoms with Gasteiger partial charge in [-0.3, -0.25) is 4.79 Å². The van der Waals surface area contributed by atoms with Gasteiger partial charge >= 0.3 is 5.97 Å². The summed E-state index contributed by atoms with van der Waals surface area (Å²) in [7, 11) is 0. The Morgan fingerprint density at radius 1 is 1.81 bits per heavy atom. The second-order valence-corrected chi connectivity index (χ2v) is 5.22. The van der Waals surface area contributed by atoms with Gasteiger partial charge in [-0.1, -0.05) is 12.0 Å². The van der Waals surface area contributed by atoms with E-state index in [2.05, 4.69) is 15.3 Å². The largest absolute Gasteiger partial charge is 0.480 e. The van der Waals surface area contributed by atoms with Gasteiger partial charge in [0.1, 0.15) is 5.54 Å². The van der Waals surface area contributed by atoms with Crippen LogP contribution in [0.2, 0.25) is 0 Å². The summed E-state index contributed by atoms with van der Waals surface area (Å²) in [6, 6.07) is 0. The van der Waals surface area contributed by atoms with Crippen molar-refractivity contribution in [1.29, 1.82) is 0 Å². The van der Waals surface area contributed by atoms with Crippen LogP contribution in [0.3, 0.4) is 0 Å². The van der Waals surface area contributed by atoms with Crippen LogP contribution in [0.5, 0.6) is 0 Å². The number of carbonyl (C=O) groups is 1. The summed E-state index contributed by atoms with van der Waals surface area (Å²) in [5, 5.41) is 15.8. The fourth-order valence-electron chi connectivity index (χ4n) is 1.92. The third-order valence-corrected chi connectivity index (χ3v) is 4.30. The first-order valence-corrected chi connectivity index (χ1v) is 6.29. The fraction of sp³-hybridized carbons (Fsp3) is 0.889. The minimum absolute atomic E-state index is 0.0322. The number of azide groups is 1. The van der Waals surface area contributed by atoms with Crippen LogP contribution >= 0.6 is 11.8 Å². The summed E-state index contributed by atoms with van der Waals surface area (Å²) in [5.74, 6) is 0.196. The van der Waals surface area contributed by atoms with Crippen molar-refractivity contribution in [2.75, 3.05) is 18.8 Å². The van der Waals surface area contributed by atoms with Crippen molar-refractivity contribution in [3.05, 3.63) is 10.4 Å². The van der Waals surface area contributed by atoms with Gasteiger partial charge in [0.05, 0.1) is 0 Å². The van der Waals surface area contributed by atoms with Gasteiger partial charge in [0.15, 0.2) is 0 Å². The van der Waals surface area contributed by atoms with E-state index in [4.69, 9.17) is 5.53 Å². The molecule has 2 N–H and O–H groups in total. The van der Waals surface area contributed by atoms with Crippen LogP contribution in [0.15, 0.2) is 5.11 Å². The molecule has 1 aliphatic rings. The molecule has 2 unspecified atom stereocenters. The number of carboxylic acids is 1. The zero-order chi connectivity index (χ0) is 12.0. The van der Waals surface area contributed by atoms with Crippen LogP contribution in [0, 0.1) is 0 Å². The summed E-state index contributed by atoms with van der Waals surface area (Å²) in [4.78, 5) is 14.0. The Labute approximate surface area is 98.4 Å². The summed E-state index contributed by atoms with van der Waals surface area (Å²) >= 11 is 1.67. The van der Waals surface area contributed by atoms with Gasteiger partial charge in [-0.15, -0.1) is 0 Å². The van der Waals surface area contributed by atoms with Crippen molar-refractivity contribution in [1.82, 2.24) is 5.32 Å². The van der Waals surface area contributed by atoms with Crippen molar-refractivity contribution in [2.45, 2.75) is 30.6 Å². The van der Waals surface area contributed by atoms with Crippen molar-refractivity contribution < 1.29 is 9.90 Å². The number of hydrogen-bond donors (Lipinski definition) is 2. The zero-order valence-corrected chi connectivity index (χ0v) is 10.0. The number of rotatable bonds is 5. The number of aliphatic carboxylic acids is 1. The van der Waals surface area contributed by atoms with Crippen LogP contribution in [0.1, 0.15) is 19.8 Å². The molecule has 0 aromatic carbocycles. The molecule has 90 valence electrons. The Balaban J connectivity index is 2.64. The molecule has 0 aromatic rings. The Bertz CT molecular complexity index is 306. The number of hydrogen-bond acceptors (Lipinski definition) is 4. The van der Waals surface area contributed by atoms with Crippen LogP contribution in [-0.2, 0) is 4.79 Å². The molecule has 0 bridgehead atoms. The third kappa shape index (κ3) is 2.81. The van der Waals surface area contributed by atoms with E-state index in [0.29, 0.717) is 13.0 Å². The lowest BCUT2D eigenvalue weighted by molar-refractivity contribution is -0.145. The van der Waals surface area contributed by atoms with Gasteiger partial charge in [-0.05, 0) is 24.1 Å². The molecule has 16 heavy (non-hydrogen) atoms. The van der Waals surface area contributed by atoms with Crippen LogP contribution in [0.25, 0.3) is 10.4 Å². The Morgan fingerprint density at radius 2 is 2.56 bits per heavy atom. The smallest absolute Gasteiger partial charge is 0.325 e. The zero-order valence-electron chi connectivity index (χ0n) is 9.22. The molecule has 1 saturated heterocycles. The van der Waals surface area contributed by atoms with Gasteiger partial charge < -0.3 is 10.4 Å². The number of nitrogens with one attached hydrogen (secondary N) is 1. The first-order valence-electron chi connectivity index (χ1n) is 5.24. The molecule has 0 amide bonds. The SMILES string of the molecule is CC1SCCCC1(NCCN=[N+]=[N-])C(=O)O. The lowest BCUT2D eigenvalue weighted by Crippen LogP contribution is -2.60. The molecule has 7 heteroatoms. The monoisotopic (exact) mass is 244 g/mol. The average Bonchev–Trinajstić information content (AvgIpc) is 2.26. The predicted octanol–water partition coefficient (Wildman–Crippen LogP) is 1.63. The third-order valence-electron chi connectivity index (χ3n) is 2.87. The highest BCUT2D eigenvalue weighted by Crippen LogP contribution is 2.34. The Hall–Kier alpha value is -0.910. The van der Waals surface area contributed by atoms with Gasteiger partial charge in [0.2, 0.25) is 0 Å². The van der Waals surface area contributed by atoms with E-state index in [1.54, 1.807) is 11.8 Å². The van der Waals surface area contributed by atoms with Crippen molar-refractivity contribution in [3.63, 3.8) is 0 Å². The van der Waals surface area contributed by atoms with Crippen LogP contribution < -0.4 is 5.32 Å². The normalized spacial score (nSPS) is 29.4. The van der Waals surface area contributed by atoms with Crippen molar-refractivity contribution in [2.24, 2.45) is 5.11 Å². The number of nitrogens with zero attached hydrogens (tertiary/aromatic N) is 3. The highest BCUT2D eigenvalue weighted by molar-refractivity contribution is 8.00. The van der Waals surface area contributed by atoms with E-state index < -0.39 is 11.5 Å². The Morgan fingerprint density at radius 3 is 3.12 bits per heavy atom. The van der Waals surface area contributed by atoms with Gasteiger partial charge in [-0.25, -0.2) is 0 Å². The molecule has 0 radical (unpaired) electrons. The Kier molecular flexibility index (Phi) is 4.92. The van der Waals surface area contributed by atoms with E-state index in [1.807, 2.05) is 6.92 Å². The molecular weight excluding hydrogens is 228 g/mol. The maximum atomic E-state index is 11.4. The second-order valence-electron chi connectivity index (χ2n) is 3.77. The average molecular weight is 244 g/mol. The van der Waals surface area contributed by atoms with E-state index >= 15 is 0 Å². The molecule has 6 nitrogen and oxygen atoms in total. The minimum atomic E-state index is -0.867. The van der Waals surface area contributed by atoms with E-state index in [9.17, 15) is 9.90 Å². The molecule has 1 fully saturated rings. The molecule has 0 spiro atoms. The van der Waals surface area contributed by atoms with E-state index in [1.165, 1.54) is 0 Å². The molecule has 0 aromatic heterocycles. The molecule has 0 saturated carbocycles. The maximum absolute atomic E-state index is 11.4. The molecule has 1 aliphatic heterocycles. The van der Waals surface area contributed by atoms with Crippen molar-refractivity contribution >= 4 is 17.7 Å². The predicted molar refractivity (Wildman–Crippen MR) is 63.5 cm³/mol.